The average molecular weight is 340 g/mol. The number of benzene rings is 1. The molecule has 1 aliphatic heterocycles. The van der Waals surface area contributed by atoms with Crippen molar-refractivity contribution in [3.63, 3.8) is 0 Å². The van der Waals surface area contributed by atoms with Gasteiger partial charge < -0.3 is 14.8 Å². The first-order chi connectivity index (χ1) is 10.8. The highest BCUT2D eigenvalue weighted by molar-refractivity contribution is 7.09. The molecule has 5 nitrogen and oxygen atoms in total. The van der Waals surface area contributed by atoms with E-state index in [2.05, 4.69) is 14.7 Å². The molecule has 0 saturated carbocycles. The third-order valence-electron chi connectivity index (χ3n) is 3.54. The van der Waals surface area contributed by atoms with E-state index in [1.54, 1.807) is 7.11 Å². The van der Waals surface area contributed by atoms with E-state index >= 15 is 0 Å². The number of fused-ring (bicyclic) bond motifs is 1. The van der Waals surface area contributed by atoms with Gasteiger partial charge in [0.1, 0.15) is 11.6 Å². The predicted molar refractivity (Wildman–Crippen MR) is 88.0 cm³/mol. The average Bonchev–Trinajstić information content (AvgIpc) is 2.86. The maximum atomic E-state index is 6.06. The Morgan fingerprint density at radius 2 is 2.41 bits per heavy atom. The van der Waals surface area contributed by atoms with Crippen molar-refractivity contribution in [1.82, 2.24) is 9.36 Å². The molecule has 2 heterocycles. The largest absolute Gasteiger partial charge is 0.493 e. The third kappa shape index (κ3) is 3.69. The molecule has 0 saturated heterocycles. The van der Waals surface area contributed by atoms with Crippen molar-refractivity contribution in [2.75, 3.05) is 25.6 Å². The van der Waals surface area contributed by atoms with Crippen molar-refractivity contribution in [2.45, 2.75) is 25.3 Å². The highest BCUT2D eigenvalue weighted by atomic mass is 35.5. The van der Waals surface area contributed by atoms with Crippen molar-refractivity contribution >= 4 is 28.3 Å². The Morgan fingerprint density at radius 3 is 3.27 bits per heavy atom. The van der Waals surface area contributed by atoms with Crippen molar-refractivity contribution in [1.29, 1.82) is 0 Å². The van der Waals surface area contributed by atoms with Crippen LogP contribution in [0, 0.1) is 0 Å². The van der Waals surface area contributed by atoms with Crippen LogP contribution in [-0.4, -0.2) is 29.7 Å². The molecule has 22 heavy (non-hydrogen) atoms. The summed E-state index contributed by atoms with van der Waals surface area (Å²) in [6, 6.07) is 5.96. The minimum absolute atomic E-state index is 0.165. The molecule has 1 unspecified atom stereocenters. The SMILES string of the molecule is COCCc1nsc(NC2CCCOc3cc(Cl)ccc32)n1. The second-order valence-electron chi connectivity index (χ2n) is 5.13. The predicted octanol–water partition coefficient (Wildman–Crippen LogP) is 3.71. The van der Waals surface area contributed by atoms with Crippen LogP contribution < -0.4 is 10.1 Å². The molecule has 0 bridgehead atoms. The molecule has 7 heteroatoms. The molecule has 0 amide bonds. The van der Waals surface area contributed by atoms with E-state index in [-0.39, 0.29) is 6.04 Å². The first-order valence-corrected chi connectivity index (χ1v) is 8.41. The zero-order valence-electron chi connectivity index (χ0n) is 12.3. The zero-order valence-corrected chi connectivity index (χ0v) is 13.9. The van der Waals surface area contributed by atoms with Gasteiger partial charge in [0.05, 0.1) is 19.3 Å². The highest BCUT2D eigenvalue weighted by Gasteiger charge is 2.21. The molecule has 1 aromatic carbocycles. The third-order valence-corrected chi connectivity index (χ3v) is 4.46. The van der Waals surface area contributed by atoms with Crippen LogP contribution in [0.5, 0.6) is 5.75 Å². The van der Waals surface area contributed by atoms with Gasteiger partial charge in [0.15, 0.2) is 0 Å². The van der Waals surface area contributed by atoms with Crippen LogP contribution in [0.15, 0.2) is 18.2 Å². The second kappa shape index (κ2) is 7.26. The van der Waals surface area contributed by atoms with E-state index in [1.165, 1.54) is 11.5 Å². The molecule has 1 atom stereocenters. The van der Waals surface area contributed by atoms with E-state index in [0.29, 0.717) is 18.2 Å². The van der Waals surface area contributed by atoms with Crippen molar-refractivity contribution in [3.05, 3.63) is 34.6 Å². The molecule has 3 rings (SSSR count). The fourth-order valence-electron chi connectivity index (χ4n) is 2.45. The monoisotopic (exact) mass is 339 g/mol. The van der Waals surface area contributed by atoms with E-state index in [0.717, 1.165) is 41.5 Å². The summed E-state index contributed by atoms with van der Waals surface area (Å²) in [5, 5.41) is 5.00. The van der Waals surface area contributed by atoms with Crippen LogP contribution in [0.1, 0.15) is 30.3 Å². The Labute approximate surface area is 138 Å². The number of rotatable bonds is 5. The number of aromatic nitrogens is 2. The van der Waals surface area contributed by atoms with E-state index < -0.39 is 0 Å². The van der Waals surface area contributed by atoms with Gasteiger partial charge in [-0.25, -0.2) is 4.98 Å². The molecule has 0 radical (unpaired) electrons. The van der Waals surface area contributed by atoms with Crippen molar-refractivity contribution < 1.29 is 9.47 Å². The lowest BCUT2D eigenvalue weighted by molar-refractivity contribution is 0.201. The molecule has 2 aromatic rings. The van der Waals surface area contributed by atoms with E-state index in [1.807, 2.05) is 18.2 Å². The van der Waals surface area contributed by atoms with Gasteiger partial charge in [0, 0.05) is 35.6 Å². The smallest absolute Gasteiger partial charge is 0.203 e. The highest BCUT2D eigenvalue weighted by Crippen LogP contribution is 2.35. The molecule has 1 aliphatic rings. The standard InChI is InChI=1S/C15H18ClN3O2S/c1-20-8-6-14-18-15(22-19-14)17-12-3-2-7-21-13-9-10(16)4-5-11(12)13/h4-5,9,12H,2-3,6-8H2,1H3,(H,17,18,19). The van der Waals surface area contributed by atoms with Crippen LogP contribution in [0.2, 0.25) is 5.02 Å². The van der Waals surface area contributed by atoms with Crippen LogP contribution in [0.4, 0.5) is 5.13 Å². The normalized spacial score (nSPS) is 17.5. The van der Waals surface area contributed by atoms with Crippen LogP contribution in [0.3, 0.4) is 0 Å². The summed E-state index contributed by atoms with van der Waals surface area (Å²) >= 11 is 7.44. The number of nitrogens with one attached hydrogen (secondary N) is 1. The fourth-order valence-corrected chi connectivity index (χ4v) is 3.28. The summed E-state index contributed by atoms with van der Waals surface area (Å²) in [6.45, 7) is 1.34. The Morgan fingerprint density at radius 1 is 1.50 bits per heavy atom. The number of halogens is 1. The van der Waals surface area contributed by atoms with Gasteiger partial charge in [-0.2, -0.15) is 4.37 Å². The zero-order chi connectivity index (χ0) is 15.4. The summed E-state index contributed by atoms with van der Waals surface area (Å²) in [7, 11) is 1.68. The van der Waals surface area contributed by atoms with Gasteiger partial charge in [0.2, 0.25) is 5.13 Å². The van der Waals surface area contributed by atoms with Gasteiger partial charge in [-0.15, -0.1) is 0 Å². The molecular weight excluding hydrogens is 322 g/mol. The first-order valence-electron chi connectivity index (χ1n) is 7.26. The number of methoxy groups -OCH3 is 1. The molecule has 0 fully saturated rings. The molecule has 1 aromatic heterocycles. The lowest BCUT2D eigenvalue weighted by Crippen LogP contribution is -2.10. The summed E-state index contributed by atoms with van der Waals surface area (Å²) in [5.41, 5.74) is 1.12. The minimum atomic E-state index is 0.165. The van der Waals surface area contributed by atoms with Gasteiger partial charge in [-0.3, -0.25) is 0 Å². The first kappa shape index (κ1) is 15.5. The lowest BCUT2D eigenvalue weighted by Gasteiger charge is -2.17. The van der Waals surface area contributed by atoms with Gasteiger partial charge in [-0.1, -0.05) is 17.7 Å². The number of nitrogens with zero attached hydrogens (tertiary/aromatic N) is 2. The number of hydrogen-bond donors (Lipinski definition) is 1. The number of ether oxygens (including phenoxy) is 2. The molecule has 118 valence electrons. The van der Waals surface area contributed by atoms with Crippen LogP contribution >= 0.6 is 23.1 Å². The summed E-state index contributed by atoms with van der Waals surface area (Å²) < 4.78 is 15.2. The summed E-state index contributed by atoms with van der Waals surface area (Å²) in [5.74, 6) is 1.67. The maximum Gasteiger partial charge on any atom is 0.203 e. The Balaban J connectivity index is 1.76. The number of anilines is 1. The summed E-state index contributed by atoms with van der Waals surface area (Å²) in [6.07, 6.45) is 2.70. The Hall–Kier alpha value is -1.37. The van der Waals surface area contributed by atoms with E-state index in [9.17, 15) is 0 Å². The Bertz CT molecular complexity index is 635. The second-order valence-corrected chi connectivity index (χ2v) is 6.32. The quantitative estimate of drug-likeness (QED) is 0.900. The van der Waals surface area contributed by atoms with Gasteiger partial charge in [-0.05, 0) is 25.0 Å². The molecule has 0 spiro atoms. The Kier molecular flexibility index (Phi) is 5.12. The lowest BCUT2D eigenvalue weighted by atomic mass is 10.0. The van der Waals surface area contributed by atoms with Gasteiger partial charge >= 0.3 is 0 Å². The maximum absolute atomic E-state index is 6.06. The molecule has 1 N–H and O–H groups in total. The van der Waals surface area contributed by atoms with Gasteiger partial charge in [0.25, 0.3) is 0 Å². The van der Waals surface area contributed by atoms with Crippen molar-refractivity contribution in [3.8, 4) is 5.75 Å². The molecular formula is C15H18ClN3O2S. The number of hydrogen-bond acceptors (Lipinski definition) is 6. The topological polar surface area (TPSA) is 56.3 Å². The van der Waals surface area contributed by atoms with E-state index in [4.69, 9.17) is 21.1 Å². The molecule has 0 aliphatic carbocycles. The van der Waals surface area contributed by atoms with Crippen molar-refractivity contribution in [2.24, 2.45) is 0 Å². The summed E-state index contributed by atoms with van der Waals surface area (Å²) in [4.78, 5) is 4.51. The van der Waals surface area contributed by atoms with Crippen LogP contribution in [0.25, 0.3) is 0 Å². The minimum Gasteiger partial charge on any atom is -0.493 e. The fraction of sp³-hybridized carbons (Fsp3) is 0.467. The van der Waals surface area contributed by atoms with Crippen LogP contribution in [-0.2, 0) is 11.2 Å².